The predicted octanol–water partition coefficient (Wildman–Crippen LogP) is 2.80. The summed E-state index contributed by atoms with van der Waals surface area (Å²) in [6.07, 6.45) is 2.89. The molecule has 0 aliphatic carbocycles. The van der Waals surface area contributed by atoms with Gasteiger partial charge >= 0.3 is 0 Å². The van der Waals surface area contributed by atoms with Crippen LogP contribution in [0, 0.1) is 17.0 Å². The van der Waals surface area contributed by atoms with Crippen LogP contribution >= 0.6 is 22.9 Å². The number of benzene rings is 2. The second kappa shape index (κ2) is 7.69. The third-order valence-electron chi connectivity index (χ3n) is 3.80. The summed E-state index contributed by atoms with van der Waals surface area (Å²) < 4.78 is 0.746. The molecule has 0 aliphatic rings. The fourth-order valence-electron chi connectivity index (χ4n) is 2.41. The number of rotatable bonds is 4. The third kappa shape index (κ3) is 4.39. The number of aromatic nitrogens is 1. The summed E-state index contributed by atoms with van der Waals surface area (Å²) in [6.45, 7) is 1.65. The van der Waals surface area contributed by atoms with Crippen LogP contribution in [0.15, 0.2) is 47.3 Å². The number of ketones is 1. The van der Waals surface area contributed by atoms with Gasteiger partial charge in [-0.1, -0.05) is 23.7 Å². The number of nitrogens with one attached hydrogen (secondary N) is 1. The topological polar surface area (TPSA) is 93.1 Å². The standard InChI is InChI=1S/C19H13ClN2O4S/c1-11-2-3-12(8-15(11)22(25)26)9-17-19(24)21-18(27-17)10-16(23)13-4-6-14(20)7-5-13/h2-10H,1H3,(H,21,24)/b17-9-,18-10-. The minimum atomic E-state index is -0.463. The highest BCUT2D eigenvalue weighted by Crippen LogP contribution is 2.19. The van der Waals surface area contributed by atoms with E-state index < -0.39 is 4.92 Å². The highest BCUT2D eigenvalue weighted by Gasteiger charge is 2.10. The summed E-state index contributed by atoms with van der Waals surface area (Å²) in [4.78, 5) is 37.6. The molecule has 0 atom stereocenters. The van der Waals surface area contributed by atoms with E-state index in [4.69, 9.17) is 11.6 Å². The average Bonchev–Trinajstić information content (AvgIpc) is 2.96. The molecule has 0 bridgehead atoms. The van der Waals surface area contributed by atoms with Crippen molar-refractivity contribution < 1.29 is 9.72 Å². The van der Waals surface area contributed by atoms with E-state index in [0.29, 0.717) is 30.9 Å². The van der Waals surface area contributed by atoms with E-state index in [1.807, 2.05) is 0 Å². The molecule has 0 unspecified atom stereocenters. The molecular weight excluding hydrogens is 388 g/mol. The zero-order valence-electron chi connectivity index (χ0n) is 14.1. The molecule has 0 amide bonds. The Hall–Kier alpha value is -3.03. The Morgan fingerprint density at radius 3 is 2.59 bits per heavy atom. The number of nitro groups is 1. The van der Waals surface area contributed by atoms with Crippen molar-refractivity contribution in [1.82, 2.24) is 4.98 Å². The van der Waals surface area contributed by atoms with Gasteiger partial charge in [-0.15, -0.1) is 11.3 Å². The van der Waals surface area contributed by atoms with Crippen LogP contribution in [0.5, 0.6) is 0 Å². The first-order valence-electron chi connectivity index (χ1n) is 7.81. The fraction of sp³-hybridized carbons (Fsp3) is 0.0526. The lowest BCUT2D eigenvalue weighted by Crippen LogP contribution is -2.20. The molecule has 1 aromatic heterocycles. The average molecular weight is 401 g/mol. The van der Waals surface area contributed by atoms with Crippen LogP contribution in [0.2, 0.25) is 5.02 Å². The Balaban J connectivity index is 1.99. The fourth-order valence-corrected chi connectivity index (χ4v) is 3.42. The lowest BCUT2D eigenvalue weighted by Gasteiger charge is -1.97. The van der Waals surface area contributed by atoms with Crippen molar-refractivity contribution in [3.8, 4) is 0 Å². The quantitative estimate of drug-likeness (QED) is 0.414. The Kier molecular flexibility index (Phi) is 5.34. The van der Waals surface area contributed by atoms with Crippen molar-refractivity contribution in [1.29, 1.82) is 0 Å². The molecule has 27 heavy (non-hydrogen) atoms. The van der Waals surface area contributed by atoms with E-state index in [0.717, 1.165) is 11.3 Å². The number of Topliss-reactive ketones (excluding diaryl/α,β-unsaturated/α-hetero) is 1. The van der Waals surface area contributed by atoms with Gasteiger partial charge in [-0.2, -0.15) is 0 Å². The maximum Gasteiger partial charge on any atom is 0.272 e. The van der Waals surface area contributed by atoms with Crippen molar-refractivity contribution in [2.24, 2.45) is 0 Å². The lowest BCUT2D eigenvalue weighted by atomic mass is 10.1. The summed E-state index contributed by atoms with van der Waals surface area (Å²) in [7, 11) is 0. The number of H-pyrrole nitrogens is 1. The van der Waals surface area contributed by atoms with E-state index in [1.165, 1.54) is 12.1 Å². The molecule has 1 heterocycles. The van der Waals surface area contributed by atoms with Gasteiger partial charge in [0.25, 0.3) is 11.2 Å². The van der Waals surface area contributed by atoms with Crippen LogP contribution < -0.4 is 14.8 Å². The minimum absolute atomic E-state index is 0.0126. The number of halogens is 1. The monoisotopic (exact) mass is 400 g/mol. The van der Waals surface area contributed by atoms with Crippen molar-refractivity contribution in [2.45, 2.75) is 6.92 Å². The summed E-state index contributed by atoms with van der Waals surface area (Å²) in [5, 5.41) is 11.6. The lowest BCUT2D eigenvalue weighted by molar-refractivity contribution is -0.385. The Bertz CT molecular complexity index is 1210. The van der Waals surface area contributed by atoms with Crippen LogP contribution in [0.25, 0.3) is 12.2 Å². The molecule has 0 radical (unpaired) electrons. The van der Waals surface area contributed by atoms with Crippen molar-refractivity contribution in [3.63, 3.8) is 0 Å². The van der Waals surface area contributed by atoms with Crippen LogP contribution in [-0.2, 0) is 0 Å². The number of aromatic amines is 1. The van der Waals surface area contributed by atoms with Crippen LogP contribution in [-0.4, -0.2) is 15.7 Å². The van der Waals surface area contributed by atoms with Crippen molar-refractivity contribution in [3.05, 3.63) is 93.8 Å². The SMILES string of the molecule is Cc1ccc(/C=c2\s/c(=C\C(=O)c3ccc(Cl)cc3)[nH]c2=O)cc1[N+](=O)[O-]. The van der Waals surface area contributed by atoms with E-state index in [1.54, 1.807) is 49.4 Å². The number of carbonyl (C=O) groups is 1. The number of carbonyl (C=O) groups excluding carboxylic acids is 1. The van der Waals surface area contributed by atoms with Crippen LogP contribution in [0.3, 0.4) is 0 Å². The number of nitrogens with zero attached hydrogens (tertiary/aromatic N) is 1. The smallest absolute Gasteiger partial charge is 0.272 e. The first-order valence-corrected chi connectivity index (χ1v) is 9.00. The molecule has 8 heteroatoms. The zero-order chi connectivity index (χ0) is 19.6. The van der Waals surface area contributed by atoms with E-state index in [2.05, 4.69) is 4.98 Å². The van der Waals surface area contributed by atoms with Gasteiger partial charge in [0.15, 0.2) is 5.78 Å². The summed E-state index contributed by atoms with van der Waals surface area (Å²) in [6, 6.07) is 11.2. The maximum absolute atomic E-state index is 12.3. The summed E-state index contributed by atoms with van der Waals surface area (Å²) >= 11 is 6.91. The highest BCUT2D eigenvalue weighted by atomic mass is 35.5. The van der Waals surface area contributed by atoms with E-state index in [-0.39, 0.29) is 17.0 Å². The highest BCUT2D eigenvalue weighted by molar-refractivity contribution is 7.07. The Morgan fingerprint density at radius 2 is 1.93 bits per heavy atom. The maximum atomic E-state index is 12.3. The van der Waals surface area contributed by atoms with Crippen LogP contribution in [0.1, 0.15) is 21.5 Å². The molecular formula is C19H13ClN2O4S. The number of hydrogen-bond acceptors (Lipinski definition) is 5. The van der Waals surface area contributed by atoms with Gasteiger partial charge < -0.3 is 4.98 Å². The molecule has 0 saturated carbocycles. The first kappa shape index (κ1) is 18.8. The molecule has 136 valence electrons. The number of hydrogen-bond donors (Lipinski definition) is 1. The predicted molar refractivity (Wildman–Crippen MR) is 106 cm³/mol. The Labute approximate surface area is 162 Å². The minimum Gasteiger partial charge on any atom is -0.313 e. The zero-order valence-corrected chi connectivity index (χ0v) is 15.6. The van der Waals surface area contributed by atoms with Gasteiger partial charge in [0.2, 0.25) is 0 Å². The van der Waals surface area contributed by atoms with Gasteiger partial charge in [0.1, 0.15) is 0 Å². The van der Waals surface area contributed by atoms with Gasteiger partial charge in [-0.05, 0) is 42.8 Å². The van der Waals surface area contributed by atoms with Gasteiger partial charge in [0.05, 0.1) is 14.1 Å². The van der Waals surface area contributed by atoms with Crippen molar-refractivity contribution >= 4 is 46.6 Å². The number of thiazole rings is 1. The summed E-state index contributed by atoms with van der Waals surface area (Å²) in [5.41, 5.74) is 1.16. The number of aryl methyl sites for hydroxylation is 1. The number of nitro benzene ring substituents is 1. The second-order valence-corrected chi connectivity index (χ2v) is 7.27. The molecule has 6 nitrogen and oxygen atoms in total. The normalized spacial score (nSPS) is 12.4. The molecule has 0 spiro atoms. The molecule has 1 N–H and O–H groups in total. The molecule has 0 saturated heterocycles. The van der Waals surface area contributed by atoms with E-state index >= 15 is 0 Å². The molecule has 2 aromatic carbocycles. The summed E-state index contributed by atoms with van der Waals surface area (Å²) in [5.74, 6) is -0.262. The van der Waals surface area contributed by atoms with Gasteiger partial charge in [-0.25, -0.2) is 0 Å². The second-order valence-electron chi connectivity index (χ2n) is 5.75. The van der Waals surface area contributed by atoms with Crippen molar-refractivity contribution in [2.75, 3.05) is 0 Å². The largest absolute Gasteiger partial charge is 0.313 e. The molecule has 3 aromatic rings. The van der Waals surface area contributed by atoms with Crippen LogP contribution in [0.4, 0.5) is 5.69 Å². The van der Waals surface area contributed by atoms with Gasteiger partial charge in [0, 0.05) is 28.3 Å². The third-order valence-corrected chi connectivity index (χ3v) is 5.01. The van der Waals surface area contributed by atoms with Gasteiger partial charge in [-0.3, -0.25) is 19.7 Å². The first-order chi connectivity index (χ1) is 12.8. The Morgan fingerprint density at radius 1 is 1.22 bits per heavy atom. The van der Waals surface area contributed by atoms with E-state index in [9.17, 15) is 19.7 Å². The molecule has 0 fully saturated rings. The molecule has 3 rings (SSSR count). The molecule has 0 aliphatic heterocycles.